The zero-order valence-corrected chi connectivity index (χ0v) is 22.6. The van der Waals surface area contributed by atoms with Crippen molar-refractivity contribution >= 4 is 41.9 Å². The van der Waals surface area contributed by atoms with Crippen molar-refractivity contribution in [1.29, 1.82) is 0 Å². The Morgan fingerprint density at radius 2 is 1.97 bits per heavy atom. The second kappa shape index (κ2) is 12.4. The van der Waals surface area contributed by atoms with E-state index in [4.69, 9.17) is 4.74 Å². The summed E-state index contributed by atoms with van der Waals surface area (Å²) in [6, 6.07) is 8.42. The monoisotopic (exact) mass is 571 g/mol. The maximum atomic E-state index is 12.4. The van der Waals surface area contributed by atoms with Gasteiger partial charge < -0.3 is 25.2 Å². The van der Waals surface area contributed by atoms with E-state index in [0.29, 0.717) is 38.6 Å². The Kier molecular flexibility index (Phi) is 10.2. The average Bonchev–Trinajstić information content (AvgIpc) is 3.14. The van der Waals surface area contributed by atoms with Gasteiger partial charge >= 0.3 is 6.09 Å². The third-order valence-corrected chi connectivity index (χ3v) is 5.63. The number of ether oxygens (including phenoxy) is 1. The first kappa shape index (κ1) is 27.2. The molecule has 3 rings (SSSR count). The van der Waals surface area contributed by atoms with Gasteiger partial charge in [-0.1, -0.05) is 24.3 Å². The minimum atomic E-state index is -0.494. The number of likely N-dealkylation sites (tertiary alicyclic amines) is 2. The molecule has 1 aromatic carbocycles. The smallest absolute Gasteiger partial charge is 0.410 e. The van der Waals surface area contributed by atoms with E-state index >= 15 is 0 Å². The number of rotatable bonds is 5. The number of guanidine groups is 1. The Bertz CT molecular complexity index is 840. The summed E-state index contributed by atoms with van der Waals surface area (Å²) in [5, 5.41) is 6.81. The molecule has 0 aliphatic carbocycles. The molecule has 9 heteroatoms. The van der Waals surface area contributed by atoms with Gasteiger partial charge in [-0.3, -0.25) is 9.79 Å². The lowest BCUT2D eigenvalue weighted by molar-refractivity contribution is -0.128. The van der Waals surface area contributed by atoms with E-state index in [1.54, 1.807) is 11.9 Å². The number of halogens is 1. The molecule has 2 amide bonds. The van der Waals surface area contributed by atoms with Gasteiger partial charge in [0.2, 0.25) is 5.91 Å². The number of hydrogen-bond donors (Lipinski definition) is 2. The first-order valence-electron chi connectivity index (χ1n) is 11.5. The molecule has 0 spiro atoms. The number of aliphatic imine (C=N–C) groups is 1. The number of piperidine rings is 1. The third-order valence-electron chi connectivity index (χ3n) is 5.63. The molecule has 0 bridgehead atoms. The Hall–Kier alpha value is -2.04. The van der Waals surface area contributed by atoms with Crippen LogP contribution in [0.15, 0.2) is 29.3 Å². The van der Waals surface area contributed by atoms with E-state index in [9.17, 15) is 9.59 Å². The van der Waals surface area contributed by atoms with E-state index in [1.807, 2.05) is 31.7 Å². The van der Waals surface area contributed by atoms with Gasteiger partial charge in [0, 0.05) is 52.2 Å². The van der Waals surface area contributed by atoms with Crippen molar-refractivity contribution in [1.82, 2.24) is 20.4 Å². The van der Waals surface area contributed by atoms with Gasteiger partial charge in [-0.2, -0.15) is 0 Å². The molecule has 0 aromatic heterocycles. The summed E-state index contributed by atoms with van der Waals surface area (Å²) in [5.74, 6) is 0.951. The molecule has 1 unspecified atom stereocenters. The Balaban J connectivity index is 0.00000385. The summed E-state index contributed by atoms with van der Waals surface area (Å²) in [7, 11) is 1.75. The van der Waals surface area contributed by atoms with Crippen LogP contribution >= 0.6 is 24.0 Å². The van der Waals surface area contributed by atoms with Gasteiger partial charge in [-0.05, 0) is 51.2 Å². The lowest BCUT2D eigenvalue weighted by Gasteiger charge is -2.35. The molecule has 1 aromatic rings. The van der Waals surface area contributed by atoms with Crippen LogP contribution in [0.2, 0.25) is 0 Å². The molecule has 2 fully saturated rings. The molecule has 1 atom stereocenters. The van der Waals surface area contributed by atoms with Crippen molar-refractivity contribution in [3.63, 3.8) is 0 Å². The quantitative estimate of drug-likeness (QED) is 0.321. The van der Waals surface area contributed by atoms with Gasteiger partial charge in [0.1, 0.15) is 5.60 Å². The molecule has 0 saturated carbocycles. The summed E-state index contributed by atoms with van der Waals surface area (Å²) < 4.78 is 5.52. The van der Waals surface area contributed by atoms with Crippen LogP contribution in [-0.2, 0) is 22.6 Å². The molecule has 2 aliphatic heterocycles. The van der Waals surface area contributed by atoms with Crippen molar-refractivity contribution < 1.29 is 14.3 Å². The fourth-order valence-electron chi connectivity index (χ4n) is 4.09. The van der Waals surface area contributed by atoms with E-state index in [-0.39, 0.29) is 42.0 Å². The van der Waals surface area contributed by atoms with E-state index in [1.165, 1.54) is 0 Å². The van der Waals surface area contributed by atoms with Crippen molar-refractivity contribution in [2.45, 2.75) is 71.2 Å². The first-order chi connectivity index (χ1) is 15.2. The van der Waals surface area contributed by atoms with Gasteiger partial charge in [-0.25, -0.2) is 4.79 Å². The minimum absolute atomic E-state index is 0. The van der Waals surface area contributed by atoms with Crippen molar-refractivity contribution in [3.05, 3.63) is 35.4 Å². The van der Waals surface area contributed by atoms with Gasteiger partial charge in [-0.15, -0.1) is 24.0 Å². The molecule has 8 nitrogen and oxygen atoms in total. The van der Waals surface area contributed by atoms with Crippen LogP contribution in [0.5, 0.6) is 0 Å². The summed E-state index contributed by atoms with van der Waals surface area (Å²) in [5.41, 5.74) is 1.78. The lowest BCUT2D eigenvalue weighted by Crippen LogP contribution is -2.53. The van der Waals surface area contributed by atoms with E-state index in [0.717, 1.165) is 36.9 Å². The molecule has 0 radical (unpaired) electrons. The predicted molar refractivity (Wildman–Crippen MR) is 141 cm³/mol. The van der Waals surface area contributed by atoms with Crippen molar-refractivity contribution in [2.24, 2.45) is 4.99 Å². The largest absolute Gasteiger partial charge is 0.444 e. The van der Waals surface area contributed by atoms with E-state index in [2.05, 4.69) is 33.8 Å². The number of nitrogens with zero attached hydrogens (tertiary/aromatic N) is 3. The Morgan fingerprint density at radius 1 is 1.21 bits per heavy atom. The minimum Gasteiger partial charge on any atom is -0.444 e. The van der Waals surface area contributed by atoms with Crippen LogP contribution in [0.4, 0.5) is 4.79 Å². The topological polar surface area (TPSA) is 86.3 Å². The van der Waals surface area contributed by atoms with Crippen LogP contribution in [0.1, 0.15) is 57.6 Å². The molecular weight excluding hydrogens is 533 g/mol. The Labute approximate surface area is 214 Å². The molecular formula is C24H38IN5O3. The van der Waals surface area contributed by atoms with E-state index < -0.39 is 5.60 Å². The average molecular weight is 572 g/mol. The number of benzene rings is 1. The number of carbonyl (C=O) groups is 2. The molecule has 2 aliphatic rings. The predicted octanol–water partition coefficient (Wildman–Crippen LogP) is 3.49. The van der Waals surface area contributed by atoms with Crippen LogP contribution in [0.3, 0.4) is 0 Å². The van der Waals surface area contributed by atoms with Crippen LogP contribution in [0, 0.1) is 0 Å². The third kappa shape index (κ3) is 8.68. The molecule has 33 heavy (non-hydrogen) atoms. The highest BCUT2D eigenvalue weighted by Gasteiger charge is 2.28. The summed E-state index contributed by atoms with van der Waals surface area (Å²) in [6.07, 6.45) is 3.25. The van der Waals surface area contributed by atoms with Crippen LogP contribution in [-0.4, -0.2) is 66.1 Å². The summed E-state index contributed by atoms with van der Waals surface area (Å²) in [4.78, 5) is 32.3. The second-order valence-electron chi connectivity index (χ2n) is 9.57. The fourth-order valence-corrected chi connectivity index (χ4v) is 4.09. The number of carbonyl (C=O) groups excluding carboxylic acids is 2. The molecule has 2 heterocycles. The maximum absolute atomic E-state index is 12.4. The number of amides is 2. The molecule has 2 N–H and O–H groups in total. The zero-order valence-electron chi connectivity index (χ0n) is 20.2. The SMILES string of the molecule is CN=C(NCc1cccc(CN2CCCC2=O)c1)NC1CCCN(C(=O)OC(C)(C)C)C1.I. The van der Waals surface area contributed by atoms with Gasteiger partial charge in [0.15, 0.2) is 5.96 Å². The highest BCUT2D eigenvalue weighted by atomic mass is 127. The molecule has 2 saturated heterocycles. The summed E-state index contributed by atoms with van der Waals surface area (Å²) in [6.45, 7) is 9.10. The maximum Gasteiger partial charge on any atom is 0.410 e. The highest BCUT2D eigenvalue weighted by molar-refractivity contribution is 14.0. The second-order valence-corrected chi connectivity index (χ2v) is 9.57. The lowest BCUT2D eigenvalue weighted by atomic mass is 10.1. The number of hydrogen-bond acceptors (Lipinski definition) is 4. The van der Waals surface area contributed by atoms with Crippen LogP contribution in [0.25, 0.3) is 0 Å². The first-order valence-corrected chi connectivity index (χ1v) is 11.5. The van der Waals surface area contributed by atoms with Gasteiger partial charge in [0.05, 0.1) is 0 Å². The molecule has 184 valence electrons. The number of nitrogens with one attached hydrogen (secondary N) is 2. The van der Waals surface area contributed by atoms with Crippen molar-refractivity contribution in [3.8, 4) is 0 Å². The standard InChI is InChI=1S/C24H37N5O3.HI/c1-24(2,3)32-23(31)29-13-6-10-20(17-29)27-22(25-4)26-15-18-8-5-9-19(14-18)16-28-12-7-11-21(28)30;/h5,8-9,14,20H,6-7,10-13,15-17H2,1-4H3,(H2,25,26,27);1H. The fraction of sp³-hybridized carbons (Fsp3) is 0.625. The van der Waals surface area contributed by atoms with Gasteiger partial charge in [0.25, 0.3) is 0 Å². The van der Waals surface area contributed by atoms with Crippen molar-refractivity contribution in [2.75, 3.05) is 26.7 Å². The summed E-state index contributed by atoms with van der Waals surface area (Å²) >= 11 is 0. The zero-order chi connectivity index (χ0) is 23.1. The highest BCUT2D eigenvalue weighted by Crippen LogP contribution is 2.16. The normalized spacial score (nSPS) is 19.2. The Morgan fingerprint density at radius 3 is 2.64 bits per heavy atom. The van der Waals surface area contributed by atoms with Crippen LogP contribution < -0.4 is 10.6 Å².